The van der Waals surface area contributed by atoms with Crippen LogP contribution in [0.2, 0.25) is 0 Å². The molecular weight excluding hydrogens is 336 g/mol. The average Bonchev–Trinajstić information content (AvgIpc) is 2.81. The molecule has 0 saturated heterocycles. The first kappa shape index (κ1) is 13.1. The van der Waals surface area contributed by atoms with Crippen LogP contribution in [0.5, 0.6) is 0 Å². The minimum Gasteiger partial charge on any atom is -0.279 e. The van der Waals surface area contributed by atoms with Crippen LogP contribution in [0.4, 0.5) is 5.69 Å². The predicted molar refractivity (Wildman–Crippen MR) is 74.0 cm³/mol. The quantitative estimate of drug-likeness (QED) is 0.931. The predicted octanol–water partition coefficient (Wildman–Crippen LogP) is 3.18. The van der Waals surface area contributed by atoms with Gasteiger partial charge in [-0.15, -0.1) is 11.3 Å². The van der Waals surface area contributed by atoms with Crippen LogP contribution >= 0.6 is 27.3 Å². The van der Waals surface area contributed by atoms with Gasteiger partial charge in [0.05, 0.1) is 0 Å². The van der Waals surface area contributed by atoms with Gasteiger partial charge in [-0.05, 0) is 36.4 Å². The van der Waals surface area contributed by atoms with Crippen molar-refractivity contribution in [3.05, 3.63) is 45.7 Å². The van der Waals surface area contributed by atoms with Gasteiger partial charge >= 0.3 is 0 Å². The van der Waals surface area contributed by atoms with Crippen LogP contribution in [0.3, 0.4) is 0 Å². The van der Waals surface area contributed by atoms with E-state index in [1.54, 1.807) is 24.3 Å². The molecule has 1 aromatic carbocycles. The van der Waals surface area contributed by atoms with Crippen molar-refractivity contribution in [2.24, 2.45) is 0 Å². The highest BCUT2D eigenvalue weighted by Gasteiger charge is 2.16. The Morgan fingerprint density at radius 2 is 1.83 bits per heavy atom. The molecule has 0 fully saturated rings. The third-order valence-corrected chi connectivity index (χ3v) is 5.44. The molecule has 0 aliphatic heterocycles. The summed E-state index contributed by atoms with van der Waals surface area (Å²) in [7, 11) is -3.61. The first-order chi connectivity index (χ1) is 8.51. The maximum atomic E-state index is 12.0. The van der Waals surface area contributed by atoms with E-state index >= 15 is 0 Å². The van der Waals surface area contributed by atoms with Crippen LogP contribution in [0, 0.1) is 11.3 Å². The minimum atomic E-state index is -3.61. The third kappa shape index (κ3) is 2.90. The van der Waals surface area contributed by atoms with Crippen molar-refractivity contribution in [2.75, 3.05) is 4.72 Å². The second-order valence-electron chi connectivity index (χ2n) is 3.34. The van der Waals surface area contributed by atoms with E-state index in [1.165, 1.54) is 12.1 Å². The number of halogens is 1. The van der Waals surface area contributed by atoms with Crippen LogP contribution in [0.1, 0.15) is 4.88 Å². The molecule has 0 spiro atoms. The molecule has 7 heteroatoms. The van der Waals surface area contributed by atoms with E-state index in [0.717, 1.165) is 15.8 Å². The Kier molecular flexibility index (Phi) is 3.71. The Morgan fingerprint density at radius 1 is 1.17 bits per heavy atom. The van der Waals surface area contributed by atoms with Crippen LogP contribution in [0.15, 0.2) is 45.1 Å². The molecule has 0 saturated carbocycles. The Labute approximate surface area is 117 Å². The number of hydrogen-bond donors (Lipinski definition) is 1. The van der Waals surface area contributed by atoms with Crippen molar-refractivity contribution < 1.29 is 8.42 Å². The molecular formula is C11H7BrN2O2S2. The molecule has 2 aromatic rings. The van der Waals surface area contributed by atoms with Crippen molar-refractivity contribution >= 4 is 43.0 Å². The second-order valence-corrected chi connectivity index (χ2v) is 7.25. The van der Waals surface area contributed by atoms with Crippen molar-refractivity contribution in [3.8, 4) is 6.07 Å². The summed E-state index contributed by atoms with van der Waals surface area (Å²) >= 11 is 4.21. The van der Waals surface area contributed by atoms with Gasteiger partial charge < -0.3 is 0 Å². The normalized spacial score (nSPS) is 10.9. The summed E-state index contributed by atoms with van der Waals surface area (Å²) in [6, 6.07) is 11.6. The highest BCUT2D eigenvalue weighted by Crippen LogP contribution is 2.24. The van der Waals surface area contributed by atoms with Gasteiger partial charge in [0.2, 0.25) is 0 Å². The first-order valence-electron chi connectivity index (χ1n) is 4.79. The topological polar surface area (TPSA) is 70.0 Å². The Balaban J connectivity index is 2.27. The third-order valence-electron chi connectivity index (χ3n) is 2.05. The molecule has 92 valence electrons. The zero-order valence-electron chi connectivity index (χ0n) is 8.92. The van der Waals surface area contributed by atoms with E-state index in [9.17, 15) is 8.42 Å². The lowest BCUT2D eigenvalue weighted by Crippen LogP contribution is -2.11. The number of rotatable bonds is 3. The van der Waals surface area contributed by atoms with Gasteiger partial charge in [-0.3, -0.25) is 4.72 Å². The first-order valence-corrected chi connectivity index (χ1v) is 7.89. The number of nitrogens with zero attached hydrogens (tertiary/aromatic N) is 1. The Morgan fingerprint density at radius 3 is 2.39 bits per heavy atom. The zero-order valence-corrected chi connectivity index (χ0v) is 12.1. The van der Waals surface area contributed by atoms with Gasteiger partial charge in [-0.1, -0.05) is 15.9 Å². The van der Waals surface area contributed by atoms with Gasteiger partial charge in [0.15, 0.2) is 0 Å². The fraction of sp³-hybridized carbons (Fsp3) is 0. The summed E-state index contributed by atoms with van der Waals surface area (Å²) in [5.41, 5.74) is 0.477. The molecule has 0 amide bonds. The number of nitriles is 1. The standard InChI is InChI=1S/C11H7BrN2O2S2/c12-8-1-3-9(4-2-8)14-18(15,16)11-6-5-10(7-13)17-11/h1-6,14H. The SMILES string of the molecule is N#Cc1ccc(S(=O)(=O)Nc2ccc(Br)cc2)s1. The van der Waals surface area contributed by atoms with Gasteiger partial charge in [-0.25, -0.2) is 8.42 Å². The van der Waals surface area contributed by atoms with E-state index < -0.39 is 10.0 Å². The van der Waals surface area contributed by atoms with Gasteiger partial charge in [0, 0.05) is 10.2 Å². The lowest BCUT2D eigenvalue weighted by Gasteiger charge is -2.05. The van der Waals surface area contributed by atoms with E-state index in [-0.39, 0.29) is 4.21 Å². The van der Waals surface area contributed by atoms with E-state index in [1.807, 2.05) is 6.07 Å². The van der Waals surface area contributed by atoms with E-state index in [2.05, 4.69) is 20.7 Å². The maximum absolute atomic E-state index is 12.0. The minimum absolute atomic E-state index is 0.127. The Bertz CT molecular complexity index is 699. The summed E-state index contributed by atoms with van der Waals surface area (Å²) < 4.78 is 27.4. The molecule has 1 heterocycles. The fourth-order valence-electron chi connectivity index (χ4n) is 1.25. The Hall–Kier alpha value is -1.36. The number of hydrogen-bond acceptors (Lipinski definition) is 4. The van der Waals surface area contributed by atoms with Crippen molar-refractivity contribution in [1.29, 1.82) is 5.26 Å². The lowest BCUT2D eigenvalue weighted by atomic mass is 10.3. The fourth-order valence-corrected chi connectivity index (χ4v) is 3.67. The maximum Gasteiger partial charge on any atom is 0.271 e. The molecule has 0 unspecified atom stereocenters. The molecule has 2 rings (SSSR count). The second kappa shape index (κ2) is 5.10. The molecule has 0 radical (unpaired) electrons. The number of benzene rings is 1. The zero-order chi connectivity index (χ0) is 13.2. The highest BCUT2D eigenvalue weighted by molar-refractivity contribution is 9.10. The van der Waals surface area contributed by atoms with Crippen LogP contribution in [-0.2, 0) is 10.0 Å². The number of sulfonamides is 1. The summed E-state index contributed by atoms with van der Waals surface area (Å²) in [5.74, 6) is 0. The van der Waals surface area contributed by atoms with Crippen LogP contribution in [0.25, 0.3) is 0 Å². The number of nitrogens with one attached hydrogen (secondary N) is 1. The molecule has 0 aliphatic rings. The molecule has 1 N–H and O–H groups in total. The van der Waals surface area contributed by atoms with Crippen LogP contribution in [-0.4, -0.2) is 8.42 Å². The molecule has 0 bridgehead atoms. The van der Waals surface area contributed by atoms with Gasteiger partial charge in [-0.2, -0.15) is 5.26 Å². The average molecular weight is 343 g/mol. The van der Waals surface area contributed by atoms with Gasteiger partial charge in [0.25, 0.3) is 10.0 Å². The molecule has 0 atom stereocenters. The van der Waals surface area contributed by atoms with Crippen molar-refractivity contribution in [3.63, 3.8) is 0 Å². The molecule has 0 aliphatic carbocycles. The number of thiophene rings is 1. The van der Waals surface area contributed by atoms with Crippen molar-refractivity contribution in [1.82, 2.24) is 0 Å². The van der Waals surface area contributed by atoms with Crippen LogP contribution < -0.4 is 4.72 Å². The summed E-state index contributed by atoms with van der Waals surface area (Å²) in [6.45, 7) is 0. The molecule has 18 heavy (non-hydrogen) atoms. The molecule has 1 aromatic heterocycles. The van der Waals surface area contributed by atoms with E-state index in [4.69, 9.17) is 5.26 Å². The number of anilines is 1. The van der Waals surface area contributed by atoms with Crippen molar-refractivity contribution in [2.45, 2.75) is 4.21 Å². The largest absolute Gasteiger partial charge is 0.279 e. The summed E-state index contributed by atoms with van der Waals surface area (Å²) in [5, 5.41) is 8.68. The monoisotopic (exact) mass is 342 g/mol. The summed E-state index contributed by atoms with van der Waals surface area (Å²) in [4.78, 5) is 0.367. The molecule has 4 nitrogen and oxygen atoms in total. The highest BCUT2D eigenvalue weighted by atomic mass is 79.9. The van der Waals surface area contributed by atoms with E-state index in [0.29, 0.717) is 10.6 Å². The smallest absolute Gasteiger partial charge is 0.271 e. The van der Waals surface area contributed by atoms with Gasteiger partial charge in [0.1, 0.15) is 15.2 Å². The summed E-state index contributed by atoms with van der Waals surface area (Å²) in [6.07, 6.45) is 0. The lowest BCUT2D eigenvalue weighted by molar-refractivity contribution is 0.603.